The lowest BCUT2D eigenvalue weighted by atomic mass is 10.3. The van der Waals surface area contributed by atoms with Gasteiger partial charge in [0.1, 0.15) is 0 Å². The van der Waals surface area contributed by atoms with E-state index in [-0.39, 0.29) is 16.5 Å². The molecule has 4 nitrogen and oxygen atoms in total. The van der Waals surface area contributed by atoms with Crippen molar-refractivity contribution < 1.29 is 9.21 Å². The van der Waals surface area contributed by atoms with Crippen LogP contribution in [0.4, 0.5) is 5.69 Å². The van der Waals surface area contributed by atoms with E-state index in [9.17, 15) is 4.79 Å². The summed E-state index contributed by atoms with van der Waals surface area (Å²) in [6, 6.07) is 6.78. The third kappa shape index (κ3) is 2.62. The molecule has 0 fully saturated rings. The summed E-state index contributed by atoms with van der Waals surface area (Å²) in [6.45, 7) is 0. The number of oxazole rings is 1. The molecule has 1 aromatic carbocycles. The van der Waals surface area contributed by atoms with Crippen molar-refractivity contribution in [3.05, 3.63) is 46.0 Å². The van der Waals surface area contributed by atoms with Crippen LogP contribution in [-0.2, 0) is 0 Å². The van der Waals surface area contributed by atoms with E-state index in [4.69, 9.17) is 16.0 Å². The van der Waals surface area contributed by atoms with Gasteiger partial charge in [-0.3, -0.25) is 4.79 Å². The Bertz CT molecular complexity index is 510. The first-order valence-corrected chi connectivity index (χ1v) is 5.50. The molecule has 0 bridgehead atoms. The summed E-state index contributed by atoms with van der Waals surface area (Å²) < 4.78 is 5.01. The van der Waals surface area contributed by atoms with Crippen LogP contribution in [0.2, 0.25) is 5.02 Å². The summed E-state index contributed by atoms with van der Waals surface area (Å²) in [5.74, 6) is -0.220. The van der Waals surface area contributed by atoms with Gasteiger partial charge >= 0.3 is 0 Å². The lowest BCUT2D eigenvalue weighted by Gasteiger charge is -2.01. The second-order valence-corrected chi connectivity index (χ2v) is 4.05. The molecule has 1 amide bonds. The number of hydrogen-bond donors (Lipinski definition) is 1. The molecular weight excluding hydrogens is 295 g/mol. The fraction of sp³-hybridized carbons (Fsp3) is 0. The van der Waals surface area contributed by atoms with Gasteiger partial charge in [-0.15, -0.1) is 0 Å². The maximum atomic E-state index is 11.6. The maximum Gasteiger partial charge on any atom is 0.293 e. The van der Waals surface area contributed by atoms with Gasteiger partial charge in [0.05, 0.1) is 6.20 Å². The fourth-order valence-corrected chi connectivity index (χ4v) is 1.49. The molecular formula is C10H6BrClN2O2. The van der Waals surface area contributed by atoms with Gasteiger partial charge < -0.3 is 9.73 Å². The van der Waals surface area contributed by atoms with E-state index in [1.54, 1.807) is 24.3 Å². The first kappa shape index (κ1) is 11.2. The Morgan fingerprint density at radius 2 is 2.06 bits per heavy atom. The molecule has 2 aromatic rings. The molecule has 0 saturated carbocycles. The van der Waals surface area contributed by atoms with Crippen molar-refractivity contribution in [2.45, 2.75) is 0 Å². The van der Waals surface area contributed by atoms with Crippen molar-refractivity contribution >= 4 is 39.1 Å². The molecule has 0 radical (unpaired) electrons. The van der Waals surface area contributed by atoms with E-state index < -0.39 is 0 Å². The molecule has 1 N–H and O–H groups in total. The van der Waals surface area contributed by atoms with Crippen LogP contribution >= 0.6 is 27.5 Å². The number of benzene rings is 1. The summed E-state index contributed by atoms with van der Waals surface area (Å²) in [6.07, 6.45) is 1.34. The lowest BCUT2D eigenvalue weighted by molar-refractivity contribution is 0.0995. The molecule has 0 unspecified atom stereocenters. The number of anilines is 1. The summed E-state index contributed by atoms with van der Waals surface area (Å²) in [5, 5.41) is 3.26. The van der Waals surface area contributed by atoms with Crippen LogP contribution in [0.3, 0.4) is 0 Å². The van der Waals surface area contributed by atoms with Gasteiger partial charge in [-0.1, -0.05) is 11.6 Å². The molecule has 0 aliphatic heterocycles. The number of nitrogens with one attached hydrogen (secondary N) is 1. The van der Waals surface area contributed by atoms with Gasteiger partial charge in [-0.2, -0.15) is 0 Å². The number of rotatable bonds is 2. The number of hydrogen-bond acceptors (Lipinski definition) is 3. The van der Waals surface area contributed by atoms with E-state index in [2.05, 4.69) is 26.2 Å². The van der Waals surface area contributed by atoms with E-state index in [0.29, 0.717) is 10.7 Å². The van der Waals surface area contributed by atoms with E-state index in [1.165, 1.54) is 6.20 Å². The highest BCUT2D eigenvalue weighted by atomic mass is 79.9. The number of aromatic nitrogens is 1. The van der Waals surface area contributed by atoms with Crippen molar-refractivity contribution in [1.29, 1.82) is 0 Å². The van der Waals surface area contributed by atoms with E-state index >= 15 is 0 Å². The predicted octanol–water partition coefficient (Wildman–Crippen LogP) is 3.34. The molecule has 1 heterocycles. The highest BCUT2D eigenvalue weighted by Crippen LogP contribution is 2.15. The summed E-state index contributed by atoms with van der Waals surface area (Å²) in [4.78, 5) is 15.6. The van der Waals surface area contributed by atoms with Gasteiger partial charge in [0, 0.05) is 26.6 Å². The van der Waals surface area contributed by atoms with Gasteiger partial charge in [-0.05, 0) is 24.3 Å². The Kier molecular flexibility index (Phi) is 3.26. The minimum atomic E-state index is -0.361. The van der Waals surface area contributed by atoms with Crippen LogP contribution in [0.1, 0.15) is 10.6 Å². The average Bonchev–Trinajstić information content (AvgIpc) is 2.68. The third-order valence-electron chi connectivity index (χ3n) is 1.80. The van der Waals surface area contributed by atoms with Gasteiger partial charge in [0.2, 0.25) is 5.76 Å². The standard InChI is InChI=1S/C10H6BrClN2O2/c11-10-13-5-8(16-10)9(15)14-7-3-1-6(12)2-4-7/h1-5H,(H,14,15). The minimum absolute atomic E-state index is 0.141. The largest absolute Gasteiger partial charge is 0.426 e. The van der Waals surface area contributed by atoms with Crippen LogP contribution in [0.15, 0.2) is 39.7 Å². The molecule has 0 spiro atoms. The number of halogens is 2. The molecule has 0 atom stereocenters. The Balaban J connectivity index is 2.10. The van der Waals surface area contributed by atoms with Crippen LogP contribution < -0.4 is 5.32 Å². The van der Waals surface area contributed by atoms with Gasteiger partial charge in [-0.25, -0.2) is 4.98 Å². The maximum absolute atomic E-state index is 11.6. The van der Waals surface area contributed by atoms with Crippen molar-refractivity contribution in [2.24, 2.45) is 0 Å². The lowest BCUT2D eigenvalue weighted by Crippen LogP contribution is -2.10. The average molecular weight is 302 g/mol. The molecule has 0 aliphatic carbocycles. The molecule has 0 aliphatic rings. The van der Waals surface area contributed by atoms with Crippen molar-refractivity contribution in [3.63, 3.8) is 0 Å². The quantitative estimate of drug-likeness (QED) is 0.925. The van der Waals surface area contributed by atoms with Crippen LogP contribution in [0.5, 0.6) is 0 Å². The number of nitrogens with zero attached hydrogens (tertiary/aromatic N) is 1. The summed E-state index contributed by atoms with van der Waals surface area (Å²) in [7, 11) is 0. The first-order chi connectivity index (χ1) is 7.65. The van der Waals surface area contributed by atoms with Crippen molar-refractivity contribution in [1.82, 2.24) is 4.98 Å². The second kappa shape index (κ2) is 4.67. The van der Waals surface area contributed by atoms with E-state index in [0.717, 1.165) is 0 Å². The molecule has 1 aromatic heterocycles. The molecule has 6 heteroatoms. The SMILES string of the molecule is O=C(Nc1ccc(Cl)cc1)c1cnc(Br)o1. The fourth-order valence-electron chi connectivity index (χ4n) is 1.08. The summed E-state index contributed by atoms with van der Waals surface area (Å²) >= 11 is 8.74. The number of carbonyl (C=O) groups is 1. The monoisotopic (exact) mass is 300 g/mol. The first-order valence-electron chi connectivity index (χ1n) is 4.33. The normalized spacial score (nSPS) is 10.1. The third-order valence-corrected chi connectivity index (χ3v) is 2.42. The van der Waals surface area contributed by atoms with Crippen molar-refractivity contribution in [2.75, 3.05) is 5.32 Å². The Hall–Kier alpha value is -1.33. The molecule has 0 saturated heterocycles. The van der Waals surface area contributed by atoms with Crippen LogP contribution in [0.25, 0.3) is 0 Å². The van der Waals surface area contributed by atoms with Crippen LogP contribution in [0, 0.1) is 0 Å². The van der Waals surface area contributed by atoms with Gasteiger partial charge in [0.15, 0.2) is 0 Å². The highest BCUT2D eigenvalue weighted by Gasteiger charge is 2.11. The van der Waals surface area contributed by atoms with Crippen LogP contribution in [-0.4, -0.2) is 10.9 Å². The molecule has 16 heavy (non-hydrogen) atoms. The summed E-state index contributed by atoms with van der Waals surface area (Å²) in [5.41, 5.74) is 0.641. The Morgan fingerprint density at radius 1 is 1.38 bits per heavy atom. The zero-order valence-electron chi connectivity index (χ0n) is 7.91. The Morgan fingerprint density at radius 3 is 2.62 bits per heavy atom. The molecule has 2 rings (SSSR count). The number of carbonyl (C=O) groups excluding carboxylic acids is 1. The topological polar surface area (TPSA) is 55.1 Å². The second-order valence-electron chi connectivity index (χ2n) is 2.94. The van der Waals surface area contributed by atoms with E-state index in [1.807, 2.05) is 0 Å². The van der Waals surface area contributed by atoms with Gasteiger partial charge in [0.25, 0.3) is 10.7 Å². The zero-order valence-corrected chi connectivity index (χ0v) is 10.2. The smallest absolute Gasteiger partial charge is 0.293 e. The zero-order chi connectivity index (χ0) is 11.5. The predicted molar refractivity (Wildman–Crippen MR) is 63.6 cm³/mol. The Labute approximate surface area is 105 Å². The van der Waals surface area contributed by atoms with Crippen molar-refractivity contribution in [3.8, 4) is 0 Å². The number of amides is 1. The highest BCUT2D eigenvalue weighted by molar-refractivity contribution is 9.10. The molecule has 82 valence electrons. The minimum Gasteiger partial charge on any atom is -0.426 e.